The summed E-state index contributed by atoms with van der Waals surface area (Å²) in [5.74, 6) is 0.346. The number of hydrogen-bond donors (Lipinski definition) is 1. The maximum atomic E-state index is 13.1. The number of aryl methyl sites for hydroxylation is 3. The molecule has 1 N–H and O–H groups in total. The lowest BCUT2D eigenvalue weighted by Gasteiger charge is -2.12. The van der Waals surface area contributed by atoms with E-state index >= 15 is 0 Å². The van der Waals surface area contributed by atoms with Crippen molar-refractivity contribution in [1.82, 2.24) is 14.5 Å². The Bertz CT molecular complexity index is 1250. The van der Waals surface area contributed by atoms with Gasteiger partial charge in [-0.1, -0.05) is 13.0 Å². The fourth-order valence-corrected chi connectivity index (χ4v) is 4.46. The highest BCUT2D eigenvalue weighted by molar-refractivity contribution is 7.25. The van der Waals surface area contributed by atoms with Gasteiger partial charge in [0.1, 0.15) is 21.9 Å². The SMILES string of the molecule is CCc1nc2c(sc3ncccc32)c(=O)n1CC(=O)Nc1cc(C)cc(C)c1. The van der Waals surface area contributed by atoms with Crippen LogP contribution in [0, 0.1) is 13.8 Å². The highest BCUT2D eigenvalue weighted by Gasteiger charge is 2.17. The predicted molar refractivity (Wildman–Crippen MR) is 113 cm³/mol. The molecule has 3 aromatic heterocycles. The van der Waals surface area contributed by atoms with E-state index < -0.39 is 0 Å². The predicted octanol–water partition coefficient (Wildman–Crippen LogP) is 3.82. The molecule has 0 atom stereocenters. The van der Waals surface area contributed by atoms with E-state index in [1.165, 1.54) is 15.9 Å². The minimum atomic E-state index is -0.248. The van der Waals surface area contributed by atoms with Crippen molar-refractivity contribution in [3.05, 3.63) is 63.8 Å². The Kier molecular flexibility index (Phi) is 4.68. The van der Waals surface area contributed by atoms with Gasteiger partial charge in [0.05, 0.1) is 5.52 Å². The number of aromatic nitrogens is 3. The molecule has 142 valence electrons. The van der Waals surface area contributed by atoms with Gasteiger partial charge in [-0.25, -0.2) is 9.97 Å². The van der Waals surface area contributed by atoms with Gasteiger partial charge in [0.2, 0.25) is 5.91 Å². The van der Waals surface area contributed by atoms with Crippen molar-refractivity contribution in [1.29, 1.82) is 0 Å². The number of nitrogens with zero attached hydrogens (tertiary/aromatic N) is 3. The zero-order valence-electron chi connectivity index (χ0n) is 15.9. The molecular formula is C21H20N4O2S. The lowest BCUT2D eigenvalue weighted by molar-refractivity contribution is -0.116. The molecule has 0 unspecified atom stereocenters. The summed E-state index contributed by atoms with van der Waals surface area (Å²) < 4.78 is 2.00. The van der Waals surface area contributed by atoms with E-state index in [0.29, 0.717) is 22.5 Å². The zero-order valence-corrected chi connectivity index (χ0v) is 16.8. The van der Waals surface area contributed by atoms with Crippen molar-refractivity contribution in [2.45, 2.75) is 33.7 Å². The first-order valence-corrected chi connectivity index (χ1v) is 9.93. The number of carbonyl (C=O) groups is 1. The number of anilines is 1. The number of rotatable bonds is 4. The molecule has 28 heavy (non-hydrogen) atoms. The molecule has 4 rings (SSSR count). The van der Waals surface area contributed by atoms with Crippen molar-refractivity contribution in [3.63, 3.8) is 0 Å². The van der Waals surface area contributed by atoms with Gasteiger partial charge in [0, 0.05) is 23.7 Å². The Labute approximate surface area is 165 Å². The average molecular weight is 392 g/mol. The first kappa shape index (κ1) is 18.3. The molecular weight excluding hydrogens is 372 g/mol. The van der Waals surface area contributed by atoms with Gasteiger partial charge < -0.3 is 5.32 Å². The fourth-order valence-electron chi connectivity index (χ4n) is 3.43. The van der Waals surface area contributed by atoms with Crippen LogP contribution >= 0.6 is 11.3 Å². The summed E-state index contributed by atoms with van der Waals surface area (Å²) in [6.45, 7) is 5.82. The molecule has 0 aliphatic heterocycles. The first-order valence-electron chi connectivity index (χ1n) is 9.11. The summed E-state index contributed by atoms with van der Waals surface area (Å²) in [5.41, 5.74) is 3.35. The number of thiophene rings is 1. The number of amides is 1. The van der Waals surface area contributed by atoms with Crippen molar-refractivity contribution < 1.29 is 4.79 Å². The number of nitrogens with one attached hydrogen (secondary N) is 1. The molecule has 0 spiro atoms. The summed E-state index contributed by atoms with van der Waals surface area (Å²) in [5, 5.41) is 3.77. The highest BCUT2D eigenvalue weighted by atomic mass is 32.1. The number of carbonyl (C=O) groups excluding carboxylic acids is 1. The third-order valence-corrected chi connectivity index (χ3v) is 5.65. The van der Waals surface area contributed by atoms with Gasteiger partial charge in [0.25, 0.3) is 5.56 Å². The van der Waals surface area contributed by atoms with Crippen molar-refractivity contribution in [3.8, 4) is 0 Å². The lowest BCUT2D eigenvalue weighted by Crippen LogP contribution is -2.30. The number of benzene rings is 1. The summed E-state index contributed by atoms with van der Waals surface area (Å²) in [7, 11) is 0. The molecule has 7 heteroatoms. The minimum Gasteiger partial charge on any atom is -0.325 e. The lowest BCUT2D eigenvalue weighted by atomic mass is 10.1. The van der Waals surface area contributed by atoms with E-state index in [1.54, 1.807) is 6.20 Å². The molecule has 0 saturated carbocycles. The molecule has 3 heterocycles. The highest BCUT2D eigenvalue weighted by Crippen LogP contribution is 2.28. The molecule has 6 nitrogen and oxygen atoms in total. The molecule has 0 saturated heterocycles. The second kappa shape index (κ2) is 7.16. The van der Waals surface area contributed by atoms with Crippen LogP contribution in [0.4, 0.5) is 5.69 Å². The van der Waals surface area contributed by atoms with Gasteiger partial charge in [0.15, 0.2) is 0 Å². The minimum absolute atomic E-state index is 0.0698. The van der Waals surface area contributed by atoms with Gasteiger partial charge >= 0.3 is 0 Å². The van der Waals surface area contributed by atoms with E-state index in [2.05, 4.69) is 15.3 Å². The number of hydrogen-bond acceptors (Lipinski definition) is 5. The van der Waals surface area contributed by atoms with Crippen LogP contribution in [0.25, 0.3) is 20.4 Å². The van der Waals surface area contributed by atoms with Gasteiger partial charge in [-0.2, -0.15) is 0 Å². The molecule has 0 bridgehead atoms. The molecule has 0 aliphatic rings. The smallest absolute Gasteiger partial charge is 0.272 e. The second-order valence-corrected chi connectivity index (χ2v) is 7.83. The topological polar surface area (TPSA) is 76.9 Å². The van der Waals surface area contributed by atoms with Crippen LogP contribution in [0.1, 0.15) is 23.9 Å². The van der Waals surface area contributed by atoms with Crippen LogP contribution in [-0.4, -0.2) is 20.4 Å². The Morgan fingerprint density at radius 3 is 2.68 bits per heavy atom. The van der Waals surface area contributed by atoms with E-state index in [0.717, 1.165) is 27.0 Å². The third kappa shape index (κ3) is 3.29. The zero-order chi connectivity index (χ0) is 19.8. The summed E-state index contributed by atoms with van der Waals surface area (Å²) >= 11 is 1.32. The normalized spacial score (nSPS) is 11.2. The Hall–Kier alpha value is -3.06. The van der Waals surface area contributed by atoms with E-state index in [1.807, 2.05) is 51.1 Å². The van der Waals surface area contributed by atoms with Crippen LogP contribution in [0.3, 0.4) is 0 Å². The van der Waals surface area contributed by atoms with E-state index in [-0.39, 0.29) is 18.0 Å². The summed E-state index contributed by atoms with van der Waals surface area (Å²) in [6, 6.07) is 9.62. The Morgan fingerprint density at radius 1 is 1.21 bits per heavy atom. The van der Waals surface area contributed by atoms with Crippen molar-refractivity contribution >= 4 is 43.4 Å². The maximum Gasteiger partial charge on any atom is 0.272 e. The van der Waals surface area contributed by atoms with Crippen molar-refractivity contribution in [2.75, 3.05) is 5.32 Å². The molecule has 0 fully saturated rings. The monoisotopic (exact) mass is 392 g/mol. The van der Waals surface area contributed by atoms with E-state index in [4.69, 9.17) is 0 Å². The van der Waals surface area contributed by atoms with Crippen LogP contribution in [0.15, 0.2) is 41.3 Å². The molecule has 0 radical (unpaired) electrons. The average Bonchev–Trinajstić information content (AvgIpc) is 3.02. The largest absolute Gasteiger partial charge is 0.325 e. The van der Waals surface area contributed by atoms with Crippen LogP contribution in [0.2, 0.25) is 0 Å². The maximum absolute atomic E-state index is 13.1. The van der Waals surface area contributed by atoms with Crippen LogP contribution < -0.4 is 10.9 Å². The third-order valence-electron chi connectivity index (χ3n) is 4.56. The first-order chi connectivity index (χ1) is 13.5. The molecule has 4 aromatic rings. The summed E-state index contributed by atoms with van der Waals surface area (Å²) in [6.07, 6.45) is 2.26. The molecule has 0 aliphatic carbocycles. The van der Waals surface area contributed by atoms with Crippen LogP contribution in [-0.2, 0) is 17.8 Å². The quantitative estimate of drug-likeness (QED) is 0.573. The number of pyridine rings is 1. The van der Waals surface area contributed by atoms with E-state index in [9.17, 15) is 9.59 Å². The van der Waals surface area contributed by atoms with Gasteiger partial charge in [-0.15, -0.1) is 11.3 Å². The van der Waals surface area contributed by atoms with Gasteiger partial charge in [-0.05, 0) is 49.2 Å². The molecule has 1 aromatic carbocycles. The van der Waals surface area contributed by atoms with Crippen molar-refractivity contribution in [2.24, 2.45) is 0 Å². The summed E-state index contributed by atoms with van der Waals surface area (Å²) in [4.78, 5) is 35.5. The molecule has 1 amide bonds. The fraction of sp³-hybridized carbons (Fsp3) is 0.238. The Morgan fingerprint density at radius 2 is 1.96 bits per heavy atom. The second-order valence-electron chi connectivity index (χ2n) is 6.83. The Balaban J connectivity index is 1.73. The number of fused-ring (bicyclic) bond motifs is 3. The van der Waals surface area contributed by atoms with Gasteiger partial charge in [-0.3, -0.25) is 14.2 Å². The van der Waals surface area contributed by atoms with Crippen LogP contribution in [0.5, 0.6) is 0 Å². The standard InChI is InChI=1S/C21H20N4O2S/c1-4-16-24-18-15-6-5-7-22-20(15)28-19(18)21(27)25(16)11-17(26)23-14-9-12(2)8-13(3)10-14/h5-10H,4,11H2,1-3H3,(H,23,26).